The van der Waals surface area contributed by atoms with Crippen LogP contribution >= 0.6 is 0 Å². The number of fused-ring (bicyclic) bond motifs is 12. The summed E-state index contributed by atoms with van der Waals surface area (Å²) < 4.78 is 2.55. The van der Waals surface area contributed by atoms with Gasteiger partial charge in [0.05, 0.1) is 5.52 Å². The molecule has 11 rings (SSSR count). The summed E-state index contributed by atoms with van der Waals surface area (Å²) in [5.41, 5.74) is 16.0. The molecule has 0 radical (unpaired) electrons. The zero-order chi connectivity index (χ0) is 38.2. The highest BCUT2D eigenvalue weighted by molar-refractivity contribution is 6.14. The van der Waals surface area contributed by atoms with Crippen LogP contribution in [0.2, 0.25) is 0 Å². The van der Waals surface area contributed by atoms with Gasteiger partial charge in [0.1, 0.15) is 6.67 Å². The van der Waals surface area contributed by atoms with Crippen molar-refractivity contribution >= 4 is 68.3 Å². The van der Waals surface area contributed by atoms with Crippen molar-refractivity contribution in [2.45, 2.75) is 72.6 Å². The monoisotopic (exact) mass is 732 g/mol. The molecule has 1 aromatic heterocycles. The minimum absolute atomic E-state index is 0.322. The number of aryl methyl sites for hydroxylation is 1. The fourth-order valence-corrected chi connectivity index (χ4v) is 9.75. The first kappa shape index (κ1) is 35.9. The van der Waals surface area contributed by atoms with Crippen molar-refractivity contribution in [3.8, 4) is 0 Å². The lowest BCUT2D eigenvalue weighted by Crippen LogP contribution is -2.23. The molecule has 2 unspecified atom stereocenters. The van der Waals surface area contributed by atoms with E-state index in [4.69, 9.17) is 0 Å². The molecule has 5 aromatic rings. The van der Waals surface area contributed by atoms with Crippen LogP contribution in [0.25, 0.3) is 55.9 Å². The third kappa shape index (κ3) is 6.26. The SMILES string of the molecule is CC.CC/C=C(\C=C/CC1C(=C2C=NCN=C2)NC2=C(C)CC1C=C2)n1c2c(c3ccccc31)C=C(c1ccc3c(c1)c1c(c4ccccc43)CCC=C1)CC2. The standard InChI is InChI=1S/C50H46N4.C2H6/c1-3-11-37(12-10-18-38-35-21-24-47(32(2)26-35)53-50(38)36-29-51-31-52-30-36)54-48-19-9-8-17-44(48)46-28-34(22-25-49(46)54)33-20-23-43-41-15-5-4-13-39(41)40-14-6-7-16-42(40)45(43)27-33;1-2/h4-5,7-13,15-17,19-21,23-24,27-30,35,38,53H,3,6,14,18,22,25-26,31H2,1-2H3;1-2H3/b12-10-,37-11+;. The van der Waals surface area contributed by atoms with Crippen molar-refractivity contribution in [3.05, 3.63) is 154 Å². The third-order valence-electron chi connectivity index (χ3n) is 12.3. The Morgan fingerprint density at radius 2 is 1.64 bits per heavy atom. The summed E-state index contributed by atoms with van der Waals surface area (Å²) in [5.74, 6) is 0.764. The van der Waals surface area contributed by atoms with E-state index in [0.29, 0.717) is 18.5 Å². The first-order valence-electron chi connectivity index (χ1n) is 20.9. The molecule has 0 spiro atoms. The minimum atomic E-state index is 0.322. The number of para-hydroxylation sites is 1. The maximum Gasteiger partial charge on any atom is 0.129 e. The molecule has 4 heterocycles. The van der Waals surface area contributed by atoms with E-state index in [0.717, 1.165) is 50.5 Å². The second-order valence-electron chi connectivity index (χ2n) is 15.5. The van der Waals surface area contributed by atoms with Crippen LogP contribution in [-0.2, 0) is 12.8 Å². The zero-order valence-electron chi connectivity index (χ0n) is 33.3. The fraction of sp³-hybridized carbons (Fsp3) is 0.269. The Hall–Kier alpha value is -5.74. The summed E-state index contributed by atoms with van der Waals surface area (Å²) >= 11 is 0. The van der Waals surface area contributed by atoms with Crippen LogP contribution < -0.4 is 5.32 Å². The molecule has 4 aromatic carbocycles. The van der Waals surface area contributed by atoms with E-state index in [1.165, 1.54) is 88.6 Å². The highest BCUT2D eigenvalue weighted by atomic mass is 15.0. The van der Waals surface area contributed by atoms with Gasteiger partial charge < -0.3 is 9.88 Å². The second kappa shape index (κ2) is 15.4. The van der Waals surface area contributed by atoms with Gasteiger partial charge in [0, 0.05) is 57.7 Å². The lowest BCUT2D eigenvalue weighted by molar-refractivity contribution is 0.450. The van der Waals surface area contributed by atoms with Crippen molar-refractivity contribution in [3.63, 3.8) is 0 Å². The molecule has 2 atom stereocenters. The van der Waals surface area contributed by atoms with Crippen molar-refractivity contribution < 1.29 is 0 Å². The van der Waals surface area contributed by atoms with Crippen LogP contribution in [0.1, 0.15) is 87.7 Å². The molecule has 3 aliphatic carbocycles. The summed E-state index contributed by atoms with van der Waals surface area (Å²) in [5, 5.41) is 10.6. The molecule has 0 saturated heterocycles. The zero-order valence-corrected chi connectivity index (χ0v) is 33.3. The number of rotatable bonds is 6. The van der Waals surface area contributed by atoms with Gasteiger partial charge in [-0.25, -0.2) is 0 Å². The molecular weight excluding hydrogens is 681 g/mol. The van der Waals surface area contributed by atoms with Gasteiger partial charge in [-0.2, -0.15) is 0 Å². The molecule has 4 heteroatoms. The summed E-state index contributed by atoms with van der Waals surface area (Å²) in [7, 11) is 0. The average molecular weight is 733 g/mol. The molecule has 3 aliphatic heterocycles. The van der Waals surface area contributed by atoms with E-state index >= 15 is 0 Å². The molecule has 1 N–H and O–H groups in total. The molecule has 56 heavy (non-hydrogen) atoms. The maximum atomic E-state index is 4.50. The van der Waals surface area contributed by atoms with Crippen LogP contribution in [-0.4, -0.2) is 23.7 Å². The number of nitrogens with zero attached hydrogens (tertiary/aromatic N) is 3. The smallest absolute Gasteiger partial charge is 0.129 e. The number of hydrogen-bond donors (Lipinski definition) is 1. The van der Waals surface area contributed by atoms with Crippen LogP contribution in [0.5, 0.6) is 0 Å². The average Bonchev–Trinajstić information content (AvgIpc) is 3.39. The van der Waals surface area contributed by atoms with E-state index in [1.54, 1.807) is 0 Å². The Morgan fingerprint density at radius 3 is 2.46 bits per heavy atom. The first-order valence-corrected chi connectivity index (χ1v) is 20.9. The fourth-order valence-electron chi connectivity index (χ4n) is 9.75. The van der Waals surface area contributed by atoms with Crippen LogP contribution in [0.4, 0.5) is 0 Å². The number of aromatic nitrogens is 1. The lowest BCUT2D eigenvalue weighted by atomic mass is 9.81. The molecule has 2 bridgehead atoms. The Kier molecular flexibility index (Phi) is 9.89. The molecular formula is C52H52N4. The Bertz CT molecular complexity index is 2650. The van der Waals surface area contributed by atoms with Crippen LogP contribution in [0, 0.1) is 11.8 Å². The topological polar surface area (TPSA) is 41.7 Å². The van der Waals surface area contributed by atoms with Gasteiger partial charge in [-0.15, -0.1) is 0 Å². The minimum Gasteiger partial charge on any atom is -0.358 e. The Balaban J connectivity index is 0.00000202. The van der Waals surface area contributed by atoms with E-state index in [9.17, 15) is 0 Å². The number of aliphatic imine (C=N–C) groups is 2. The van der Waals surface area contributed by atoms with Crippen molar-refractivity contribution in [2.75, 3.05) is 6.67 Å². The van der Waals surface area contributed by atoms with E-state index in [1.807, 2.05) is 26.3 Å². The van der Waals surface area contributed by atoms with Crippen molar-refractivity contribution in [1.29, 1.82) is 0 Å². The van der Waals surface area contributed by atoms with Gasteiger partial charge in [0.2, 0.25) is 0 Å². The second-order valence-corrected chi connectivity index (χ2v) is 15.5. The van der Waals surface area contributed by atoms with Crippen LogP contribution in [0.15, 0.2) is 136 Å². The van der Waals surface area contributed by atoms with Crippen molar-refractivity contribution in [1.82, 2.24) is 9.88 Å². The molecule has 280 valence electrons. The van der Waals surface area contributed by atoms with Gasteiger partial charge in [0.25, 0.3) is 0 Å². The lowest BCUT2D eigenvalue weighted by Gasteiger charge is -2.25. The third-order valence-corrected chi connectivity index (χ3v) is 12.3. The van der Waals surface area contributed by atoms with Gasteiger partial charge in [-0.05, 0) is 138 Å². The summed E-state index contributed by atoms with van der Waals surface area (Å²) in [6.45, 7) is 9.02. The quantitative estimate of drug-likeness (QED) is 0.137. The number of hydrogen-bond acceptors (Lipinski definition) is 3. The molecule has 4 nitrogen and oxygen atoms in total. The summed E-state index contributed by atoms with van der Waals surface area (Å²) in [6, 6.07) is 25.2. The first-order chi connectivity index (χ1) is 27.7. The summed E-state index contributed by atoms with van der Waals surface area (Å²) in [4.78, 5) is 8.99. The van der Waals surface area contributed by atoms with E-state index in [-0.39, 0.29) is 0 Å². The molecule has 0 fully saturated rings. The Labute approximate surface area is 331 Å². The predicted octanol–water partition coefficient (Wildman–Crippen LogP) is 13.1. The van der Waals surface area contributed by atoms with E-state index in [2.05, 4.69) is 149 Å². The summed E-state index contributed by atoms with van der Waals surface area (Å²) in [6.07, 6.45) is 30.3. The highest BCUT2D eigenvalue weighted by Gasteiger charge is 2.32. The predicted molar refractivity (Wildman–Crippen MR) is 242 cm³/mol. The normalized spacial score (nSPS) is 20.1. The van der Waals surface area contributed by atoms with Gasteiger partial charge in [0.15, 0.2) is 0 Å². The molecule has 0 saturated carbocycles. The van der Waals surface area contributed by atoms with Crippen molar-refractivity contribution in [2.24, 2.45) is 21.8 Å². The number of benzene rings is 4. The number of nitrogens with one attached hydrogen (secondary N) is 1. The Morgan fingerprint density at radius 1 is 0.857 bits per heavy atom. The maximum absolute atomic E-state index is 4.50. The molecule has 0 amide bonds. The van der Waals surface area contributed by atoms with E-state index < -0.39 is 0 Å². The molecule has 6 aliphatic rings. The number of allylic oxidation sites excluding steroid dienone is 11. The van der Waals surface area contributed by atoms with Gasteiger partial charge in [-0.3, -0.25) is 9.98 Å². The largest absolute Gasteiger partial charge is 0.358 e. The van der Waals surface area contributed by atoms with Gasteiger partial charge >= 0.3 is 0 Å². The van der Waals surface area contributed by atoms with Crippen LogP contribution in [0.3, 0.4) is 0 Å². The van der Waals surface area contributed by atoms with Gasteiger partial charge in [-0.1, -0.05) is 106 Å². The highest BCUT2D eigenvalue weighted by Crippen LogP contribution is 2.43.